The number of ether oxygens (including phenoxy) is 2. The predicted octanol–water partition coefficient (Wildman–Crippen LogP) is 4.47. The minimum Gasteiger partial charge on any atom is -0.496 e. The van der Waals surface area contributed by atoms with Gasteiger partial charge in [-0.05, 0) is 63.6 Å². The lowest BCUT2D eigenvalue weighted by atomic mass is 9.65. The van der Waals surface area contributed by atoms with Crippen LogP contribution in [0.15, 0.2) is 30.6 Å². The molecule has 1 aliphatic heterocycles. The molecule has 3 heterocycles. The molecule has 5 rings (SSSR count). The summed E-state index contributed by atoms with van der Waals surface area (Å²) in [5.41, 5.74) is 11.6. The molecule has 0 atom stereocenters. The Kier molecular flexibility index (Phi) is 7.14. The van der Waals surface area contributed by atoms with Gasteiger partial charge in [-0.25, -0.2) is 9.48 Å². The lowest BCUT2D eigenvalue weighted by Crippen LogP contribution is -2.43. The molecule has 2 fully saturated rings. The Balaban J connectivity index is 1.34. The Bertz CT molecular complexity index is 1520. The molecule has 1 saturated carbocycles. The van der Waals surface area contributed by atoms with Gasteiger partial charge in [-0.15, -0.1) is 0 Å². The molecule has 11 nitrogen and oxygen atoms in total. The number of carbonyl (C=O) groups is 2. The number of nitrogens with two attached hydrogens (primary N) is 2. The van der Waals surface area contributed by atoms with Crippen molar-refractivity contribution >= 4 is 17.8 Å². The lowest BCUT2D eigenvalue weighted by molar-refractivity contribution is -0.137. The molecule has 42 heavy (non-hydrogen) atoms. The summed E-state index contributed by atoms with van der Waals surface area (Å²) in [4.78, 5) is 26.7. The maximum atomic E-state index is 13.3. The molecule has 4 N–H and O–H groups in total. The summed E-state index contributed by atoms with van der Waals surface area (Å²) >= 11 is 0. The van der Waals surface area contributed by atoms with Crippen molar-refractivity contribution in [2.24, 2.45) is 11.1 Å². The molecular formula is C28H34F3N7O4. The molecule has 1 aromatic carbocycles. The van der Waals surface area contributed by atoms with E-state index in [0.717, 1.165) is 18.6 Å². The van der Waals surface area contributed by atoms with Crippen LogP contribution in [0.1, 0.15) is 67.6 Å². The van der Waals surface area contributed by atoms with Crippen LogP contribution in [-0.2, 0) is 17.5 Å². The third-order valence-corrected chi connectivity index (χ3v) is 7.81. The fourth-order valence-electron chi connectivity index (χ4n) is 5.86. The molecule has 0 bridgehead atoms. The lowest BCUT2D eigenvalue weighted by Gasteiger charge is -2.45. The van der Waals surface area contributed by atoms with E-state index in [9.17, 15) is 22.8 Å². The summed E-state index contributed by atoms with van der Waals surface area (Å²) in [6.45, 7) is 6.64. The van der Waals surface area contributed by atoms with E-state index in [1.54, 1.807) is 15.8 Å². The van der Waals surface area contributed by atoms with Crippen LogP contribution in [0, 0.1) is 5.41 Å². The first-order valence-electron chi connectivity index (χ1n) is 13.5. The van der Waals surface area contributed by atoms with Crippen molar-refractivity contribution in [1.29, 1.82) is 0 Å². The van der Waals surface area contributed by atoms with Gasteiger partial charge < -0.3 is 25.8 Å². The Morgan fingerprint density at radius 1 is 1.19 bits per heavy atom. The van der Waals surface area contributed by atoms with E-state index in [1.807, 2.05) is 20.8 Å². The van der Waals surface area contributed by atoms with Gasteiger partial charge in [0, 0.05) is 30.4 Å². The molecule has 1 spiro atoms. The molecule has 14 heteroatoms. The summed E-state index contributed by atoms with van der Waals surface area (Å²) in [7, 11) is 1.38. The van der Waals surface area contributed by atoms with E-state index in [0.29, 0.717) is 31.5 Å². The Hall–Kier alpha value is -4.23. The molecule has 226 valence electrons. The fourth-order valence-corrected chi connectivity index (χ4v) is 5.86. The Morgan fingerprint density at radius 2 is 1.90 bits per heavy atom. The van der Waals surface area contributed by atoms with Gasteiger partial charge in [-0.1, -0.05) is 0 Å². The maximum Gasteiger partial charge on any atom is 0.416 e. The van der Waals surface area contributed by atoms with Crippen molar-refractivity contribution in [3.05, 3.63) is 47.3 Å². The Morgan fingerprint density at radius 3 is 2.52 bits per heavy atom. The number of aromatic nitrogens is 4. The number of amides is 2. The van der Waals surface area contributed by atoms with Crippen molar-refractivity contribution in [3.8, 4) is 17.0 Å². The van der Waals surface area contributed by atoms with Crippen molar-refractivity contribution in [3.63, 3.8) is 0 Å². The molecule has 1 aliphatic carbocycles. The zero-order valence-corrected chi connectivity index (χ0v) is 23.9. The zero-order valence-electron chi connectivity index (χ0n) is 23.9. The third kappa shape index (κ3) is 5.61. The van der Waals surface area contributed by atoms with E-state index in [4.69, 9.17) is 20.9 Å². The van der Waals surface area contributed by atoms with Crippen LogP contribution in [0.25, 0.3) is 11.3 Å². The van der Waals surface area contributed by atoms with Crippen molar-refractivity contribution in [2.45, 2.75) is 64.4 Å². The topological polar surface area (TPSA) is 144 Å². The summed E-state index contributed by atoms with van der Waals surface area (Å²) < 4.78 is 53.6. The normalized spacial score (nSPS) is 20.5. The second-order valence-electron chi connectivity index (χ2n) is 12.1. The quantitative estimate of drug-likeness (QED) is 0.432. The zero-order chi connectivity index (χ0) is 30.6. The molecular weight excluding hydrogens is 555 g/mol. The minimum absolute atomic E-state index is 0.0194. The van der Waals surface area contributed by atoms with Gasteiger partial charge in [0.1, 0.15) is 28.4 Å². The molecule has 3 aromatic rings. The highest BCUT2D eigenvalue weighted by Crippen LogP contribution is 2.55. The number of benzene rings is 1. The number of halogens is 3. The van der Waals surface area contributed by atoms with Gasteiger partial charge in [0.2, 0.25) is 0 Å². The smallest absolute Gasteiger partial charge is 0.416 e. The molecule has 1 saturated heterocycles. The standard InChI is InChI=1S/C28H34F3N7O4/c1-26(2,3)42-25(40)36-8-7-27(15-36)10-19(11-27)38-23(32)21(24(33)39)22(35-38)17-12-34-37(14-17)13-16-9-18(28(29,30)31)5-6-20(16)41-4/h5-6,9,12,14,19H,7-8,10-11,13,15,32H2,1-4H3,(H2,33,39)/t19-,27-. The van der Waals surface area contributed by atoms with Crippen LogP contribution in [-0.4, -0.2) is 62.3 Å². The van der Waals surface area contributed by atoms with E-state index in [1.165, 1.54) is 24.1 Å². The number of nitrogen functional groups attached to an aromatic ring is 1. The number of hydrogen-bond acceptors (Lipinski definition) is 7. The SMILES string of the molecule is COc1ccc(C(F)(F)F)cc1Cn1cc(-c2nn([C@H]3C[C@@]4(CCN(C(=O)OC(C)(C)C)C4)C3)c(N)c2C(N)=O)cn1. The van der Waals surface area contributed by atoms with Crippen molar-refractivity contribution < 1.29 is 32.2 Å². The highest BCUT2D eigenvalue weighted by molar-refractivity contribution is 6.03. The first-order valence-corrected chi connectivity index (χ1v) is 13.5. The number of rotatable bonds is 6. The average molecular weight is 590 g/mol. The maximum absolute atomic E-state index is 13.3. The monoisotopic (exact) mass is 589 g/mol. The summed E-state index contributed by atoms with van der Waals surface area (Å²) in [6.07, 6.45) is 0.427. The molecule has 2 aromatic heterocycles. The van der Waals surface area contributed by atoms with Gasteiger partial charge in [0.05, 0.1) is 31.5 Å². The number of methoxy groups -OCH3 is 1. The first-order chi connectivity index (χ1) is 19.6. The van der Waals surface area contributed by atoms with Gasteiger partial charge in [0.25, 0.3) is 5.91 Å². The molecule has 2 aliphatic rings. The highest BCUT2D eigenvalue weighted by atomic mass is 19.4. The summed E-state index contributed by atoms with van der Waals surface area (Å²) in [6, 6.07) is 3.14. The van der Waals surface area contributed by atoms with Crippen LogP contribution in [0.5, 0.6) is 5.75 Å². The van der Waals surface area contributed by atoms with E-state index in [-0.39, 0.29) is 52.5 Å². The van der Waals surface area contributed by atoms with Crippen LogP contribution in [0.4, 0.5) is 23.8 Å². The number of carbonyl (C=O) groups excluding carboxylic acids is 2. The fraction of sp³-hybridized carbons (Fsp3) is 0.500. The van der Waals surface area contributed by atoms with E-state index in [2.05, 4.69) is 10.2 Å². The van der Waals surface area contributed by atoms with Gasteiger partial charge >= 0.3 is 12.3 Å². The van der Waals surface area contributed by atoms with Crippen LogP contribution >= 0.6 is 0 Å². The number of likely N-dealkylation sites (tertiary alicyclic amines) is 1. The van der Waals surface area contributed by atoms with E-state index < -0.39 is 23.2 Å². The predicted molar refractivity (Wildman–Crippen MR) is 147 cm³/mol. The number of hydrogen-bond donors (Lipinski definition) is 2. The van der Waals surface area contributed by atoms with Crippen LogP contribution in [0.2, 0.25) is 0 Å². The molecule has 2 amide bonds. The molecule has 0 radical (unpaired) electrons. The van der Waals surface area contributed by atoms with E-state index >= 15 is 0 Å². The number of alkyl halides is 3. The number of nitrogens with zero attached hydrogens (tertiary/aromatic N) is 5. The van der Waals surface area contributed by atoms with Gasteiger partial charge in [-0.3, -0.25) is 9.48 Å². The van der Waals surface area contributed by atoms with Crippen LogP contribution < -0.4 is 16.2 Å². The Labute approximate surface area is 240 Å². The highest BCUT2D eigenvalue weighted by Gasteiger charge is 2.51. The number of anilines is 1. The first kappa shape index (κ1) is 29.3. The summed E-state index contributed by atoms with van der Waals surface area (Å²) in [5.74, 6) is -0.346. The van der Waals surface area contributed by atoms with Crippen molar-refractivity contribution in [2.75, 3.05) is 25.9 Å². The third-order valence-electron chi connectivity index (χ3n) is 7.81. The van der Waals surface area contributed by atoms with Crippen LogP contribution in [0.3, 0.4) is 0 Å². The summed E-state index contributed by atoms with van der Waals surface area (Å²) in [5, 5.41) is 8.91. The largest absolute Gasteiger partial charge is 0.496 e. The van der Waals surface area contributed by atoms with Crippen molar-refractivity contribution in [1.82, 2.24) is 24.5 Å². The van der Waals surface area contributed by atoms with Gasteiger partial charge in [-0.2, -0.15) is 23.4 Å². The molecule has 0 unspecified atom stereocenters. The van der Waals surface area contributed by atoms with Gasteiger partial charge in [0.15, 0.2) is 0 Å². The average Bonchev–Trinajstić information content (AvgIpc) is 3.58. The second kappa shape index (κ2) is 10.2. The second-order valence-corrected chi connectivity index (χ2v) is 12.1. The minimum atomic E-state index is -4.51. The number of primary amides is 1.